The smallest absolute Gasteiger partial charge is 0.00361 e. The molecule has 1 nitrogen and oxygen atoms in total. The Hall–Kier alpha value is -0.0400. The van der Waals surface area contributed by atoms with Gasteiger partial charge in [-0.05, 0) is 37.5 Å². The number of hydrogen-bond donors (Lipinski definition) is 1. The third kappa shape index (κ3) is 5.89. The molecule has 0 heterocycles. The lowest BCUT2D eigenvalue weighted by molar-refractivity contribution is 0.253. The number of nitrogens with two attached hydrogens (primary N) is 1. The molecule has 0 aromatic heterocycles. The third-order valence-electron chi connectivity index (χ3n) is 4.27. The minimum absolute atomic E-state index is 0.351. The minimum atomic E-state index is 0.351. The van der Waals surface area contributed by atoms with Crippen LogP contribution in [-0.4, -0.2) is 6.04 Å². The van der Waals surface area contributed by atoms with Crippen molar-refractivity contribution in [1.82, 2.24) is 0 Å². The van der Waals surface area contributed by atoms with E-state index in [1.807, 2.05) is 0 Å². The van der Waals surface area contributed by atoms with Crippen LogP contribution in [0.2, 0.25) is 0 Å². The zero-order valence-corrected chi connectivity index (χ0v) is 12.1. The van der Waals surface area contributed by atoms with Gasteiger partial charge in [0.05, 0.1) is 0 Å². The average molecular weight is 227 g/mol. The van der Waals surface area contributed by atoms with Crippen LogP contribution in [0.1, 0.15) is 73.1 Å². The SMILES string of the molecule is CCCC(CC)C(CC)CCC(C)C(C)N. The van der Waals surface area contributed by atoms with Crippen LogP contribution >= 0.6 is 0 Å². The largest absolute Gasteiger partial charge is 0.328 e. The van der Waals surface area contributed by atoms with Gasteiger partial charge in [0.15, 0.2) is 0 Å². The summed E-state index contributed by atoms with van der Waals surface area (Å²) in [6.07, 6.45) is 8.09. The summed E-state index contributed by atoms with van der Waals surface area (Å²) in [4.78, 5) is 0. The molecule has 4 unspecified atom stereocenters. The lowest BCUT2D eigenvalue weighted by Crippen LogP contribution is -2.25. The minimum Gasteiger partial charge on any atom is -0.328 e. The van der Waals surface area contributed by atoms with Crippen molar-refractivity contribution in [2.75, 3.05) is 0 Å². The molecule has 0 aliphatic carbocycles. The van der Waals surface area contributed by atoms with Gasteiger partial charge in [-0.1, -0.05) is 53.4 Å². The molecule has 0 saturated carbocycles. The van der Waals surface area contributed by atoms with Gasteiger partial charge in [-0.3, -0.25) is 0 Å². The van der Waals surface area contributed by atoms with Gasteiger partial charge in [0.25, 0.3) is 0 Å². The van der Waals surface area contributed by atoms with Crippen LogP contribution < -0.4 is 5.73 Å². The summed E-state index contributed by atoms with van der Waals surface area (Å²) in [5, 5.41) is 0. The third-order valence-corrected chi connectivity index (χ3v) is 4.27. The molecule has 1 heteroatoms. The molecule has 2 N–H and O–H groups in total. The summed E-state index contributed by atoms with van der Waals surface area (Å²) in [6, 6.07) is 0.351. The van der Waals surface area contributed by atoms with Crippen LogP contribution in [-0.2, 0) is 0 Å². The van der Waals surface area contributed by atoms with Crippen molar-refractivity contribution in [2.45, 2.75) is 79.2 Å². The van der Waals surface area contributed by atoms with Crippen LogP contribution in [0, 0.1) is 17.8 Å². The van der Waals surface area contributed by atoms with Crippen LogP contribution in [0.15, 0.2) is 0 Å². The van der Waals surface area contributed by atoms with E-state index in [0.717, 1.165) is 11.8 Å². The molecule has 0 radical (unpaired) electrons. The fraction of sp³-hybridized carbons (Fsp3) is 1.00. The predicted octanol–water partition coefficient (Wildman–Crippen LogP) is 4.60. The summed E-state index contributed by atoms with van der Waals surface area (Å²) in [5.41, 5.74) is 5.93. The zero-order valence-electron chi connectivity index (χ0n) is 12.1. The Morgan fingerprint density at radius 3 is 1.69 bits per heavy atom. The van der Waals surface area contributed by atoms with Crippen molar-refractivity contribution in [3.63, 3.8) is 0 Å². The van der Waals surface area contributed by atoms with Crippen molar-refractivity contribution >= 4 is 0 Å². The van der Waals surface area contributed by atoms with Crippen molar-refractivity contribution < 1.29 is 0 Å². The molecule has 0 saturated heterocycles. The normalized spacial score (nSPS) is 19.1. The highest BCUT2D eigenvalue weighted by molar-refractivity contribution is 4.71. The van der Waals surface area contributed by atoms with E-state index < -0.39 is 0 Å². The molecule has 0 aromatic carbocycles. The molecule has 0 aliphatic rings. The van der Waals surface area contributed by atoms with E-state index in [1.165, 1.54) is 38.5 Å². The molecule has 0 fully saturated rings. The first-order valence-electron chi connectivity index (χ1n) is 7.32. The molecule has 16 heavy (non-hydrogen) atoms. The monoisotopic (exact) mass is 227 g/mol. The zero-order chi connectivity index (χ0) is 12.6. The maximum Gasteiger partial charge on any atom is 0.00361 e. The van der Waals surface area contributed by atoms with E-state index >= 15 is 0 Å². The molecular formula is C15H33N. The van der Waals surface area contributed by atoms with Gasteiger partial charge in [-0.2, -0.15) is 0 Å². The predicted molar refractivity (Wildman–Crippen MR) is 74.5 cm³/mol. The molecule has 0 amide bonds. The summed E-state index contributed by atoms with van der Waals surface area (Å²) in [5.74, 6) is 2.54. The van der Waals surface area contributed by atoms with Crippen LogP contribution in [0.5, 0.6) is 0 Å². The summed E-state index contributed by atoms with van der Waals surface area (Å²) < 4.78 is 0. The van der Waals surface area contributed by atoms with Crippen molar-refractivity contribution in [3.8, 4) is 0 Å². The highest BCUT2D eigenvalue weighted by Gasteiger charge is 2.19. The van der Waals surface area contributed by atoms with Gasteiger partial charge in [-0.25, -0.2) is 0 Å². The quantitative estimate of drug-likeness (QED) is 0.612. The van der Waals surface area contributed by atoms with Crippen molar-refractivity contribution in [1.29, 1.82) is 0 Å². The summed E-state index contributed by atoms with van der Waals surface area (Å²) in [6.45, 7) is 11.4. The van der Waals surface area contributed by atoms with E-state index in [9.17, 15) is 0 Å². The van der Waals surface area contributed by atoms with Gasteiger partial charge >= 0.3 is 0 Å². The molecule has 0 aliphatic heterocycles. The Balaban J connectivity index is 4.06. The standard InChI is InChI=1S/C15H33N/c1-6-9-14(7-2)15(8-3)11-10-12(4)13(5)16/h12-15H,6-11,16H2,1-5H3. The highest BCUT2D eigenvalue weighted by atomic mass is 14.6. The van der Waals surface area contributed by atoms with Crippen molar-refractivity contribution in [3.05, 3.63) is 0 Å². The Kier molecular flexibility index (Phi) is 9.02. The number of hydrogen-bond acceptors (Lipinski definition) is 1. The second-order valence-corrected chi connectivity index (χ2v) is 5.54. The average Bonchev–Trinajstić information content (AvgIpc) is 2.27. The first-order valence-corrected chi connectivity index (χ1v) is 7.32. The lowest BCUT2D eigenvalue weighted by atomic mass is 9.80. The fourth-order valence-corrected chi connectivity index (χ4v) is 2.66. The second kappa shape index (κ2) is 9.04. The van der Waals surface area contributed by atoms with Crippen LogP contribution in [0.25, 0.3) is 0 Å². The van der Waals surface area contributed by atoms with Gasteiger partial charge in [0.2, 0.25) is 0 Å². The molecule has 4 atom stereocenters. The first kappa shape index (κ1) is 16.0. The van der Waals surface area contributed by atoms with Gasteiger partial charge in [0, 0.05) is 6.04 Å². The van der Waals surface area contributed by atoms with Crippen molar-refractivity contribution in [2.24, 2.45) is 23.5 Å². The van der Waals surface area contributed by atoms with Gasteiger partial charge in [-0.15, -0.1) is 0 Å². The first-order chi connectivity index (χ1) is 7.56. The van der Waals surface area contributed by atoms with Gasteiger partial charge < -0.3 is 5.73 Å². The molecule has 0 rings (SSSR count). The molecule has 0 aromatic rings. The summed E-state index contributed by atoms with van der Waals surface area (Å²) in [7, 11) is 0. The maximum atomic E-state index is 5.93. The topological polar surface area (TPSA) is 26.0 Å². The Bertz CT molecular complexity index is 154. The van der Waals surface area contributed by atoms with E-state index in [4.69, 9.17) is 5.73 Å². The molecule has 0 bridgehead atoms. The molecule has 98 valence electrons. The van der Waals surface area contributed by atoms with E-state index in [1.54, 1.807) is 0 Å². The number of rotatable bonds is 9. The van der Waals surface area contributed by atoms with E-state index in [0.29, 0.717) is 12.0 Å². The van der Waals surface area contributed by atoms with Crippen LogP contribution in [0.4, 0.5) is 0 Å². The van der Waals surface area contributed by atoms with Crippen LogP contribution in [0.3, 0.4) is 0 Å². The Morgan fingerprint density at radius 1 is 0.812 bits per heavy atom. The molecule has 0 spiro atoms. The second-order valence-electron chi connectivity index (χ2n) is 5.54. The lowest BCUT2D eigenvalue weighted by Gasteiger charge is -2.27. The maximum absolute atomic E-state index is 5.93. The Labute approximate surface area is 103 Å². The highest BCUT2D eigenvalue weighted by Crippen LogP contribution is 2.29. The summed E-state index contributed by atoms with van der Waals surface area (Å²) >= 11 is 0. The molecular weight excluding hydrogens is 194 g/mol. The fourth-order valence-electron chi connectivity index (χ4n) is 2.66. The Morgan fingerprint density at radius 2 is 1.31 bits per heavy atom. The van der Waals surface area contributed by atoms with Gasteiger partial charge in [0.1, 0.15) is 0 Å². The van der Waals surface area contributed by atoms with E-state index in [2.05, 4.69) is 34.6 Å². The van der Waals surface area contributed by atoms with E-state index in [-0.39, 0.29) is 0 Å².